The average molecular weight is 601 g/mol. The molecule has 0 atom stereocenters. The monoisotopic (exact) mass is 600 g/mol. The molecule has 5 nitrogen and oxygen atoms in total. The highest BCUT2D eigenvalue weighted by molar-refractivity contribution is 6.30. The summed E-state index contributed by atoms with van der Waals surface area (Å²) in [6.45, 7) is 0. The standard InChI is InChI=1S/C42H24N4O/c43-25-26-10-9-15-29(22-26)30-18-20-32-33-21-19-31(24-36(33)39-38(35(32)23-30)34-16-7-8-17-37(34)47-39)42-45-40(27-11-3-1-4-12-27)44-41(46-42)28-13-5-2-6-14-28/h1-24H. The Morgan fingerprint density at radius 1 is 0.426 bits per heavy atom. The van der Waals surface area contributed by atoms with Gasteiger partial charge >= 0.3 is 0 Å². The minimum atomic E-state index is 0.594. The van der Waals surface area contributed by atoms with Gasteiger partial charge in [-0.15, -0.1) is 0 Å². The molecule has 0 radical (unpaired) electrons. The SMILES string of the molecule is N#Cc1cccc(-c2ccc3c4ccc(-c5nc(-c6ccccc6)nc(-c6ccccc6)n5)cc4c4oc5ccccc5c4c3c2)c1. The molecule has 5 heteroatoms. The second-order valence-electron chi connectivity index (χ2n) is 11.6. The third-order valence-electron chi connectivity index (χ3n) is 8.72. The summed E-state index contributed by atoms with van der Waals surface area (Å²) in [5.74, 6) is 1.83. The Kier molecular flexibility index (Phi) is 6.12. The van der Waals surface area contributed by atoms with Gasteiger partial charge in [-0.1, -0.05) is 115 Å². The molecule has 0 unspecified atom stereocenters. The molecular weight excluding hydrogens is 576 g/mol. The number of para-hydroxylation sites is 1. The molecule has 0 aliphatic carbocycles. The zero-order valence-electron chi connectivity index (χ0n) is 25.1. The van der Waals surface area contributed by atoms with E-state index in [4.69, 9.17) is 19.4 Å². The number of hydrogen-bond acceptors (Lipinski definition) is 5. The van der Waals surface area contributed by atoms with E-state index in [1.807, 2.05) is 103 Å². The summed E-state index contributed by atoms with van der Waals surface area (Å²) >= 11 is 0. The molecule has 0 saturated carbocycles. The van der Waals surface area contributed by atoms with Crippen LogP contribution in [0.4, 0.5) is 0 Å². The van der Waals surface area contributed by atoms with Gasteiger partial charge in [-0.2, -0.15) is 5.26 Å². The number of aromatic nitrogens is 3. The minimum absolute atomic E-state index is 0.594. The molecule has 2 heterocycles. The zero-order valence-corrected chi connectivity index (χ0v) is 25.1. The molecule has 0 aliphatic heterocycles. The van der Waals surface area contributed by atoms with Gasteiger partial charge in [-0.25, -0.2) is 15.0 Å². The Morgan fingerprint density at radius 2 is 0.979 bits per heavy atom. The predicted molar refractivity (Wildman–Crippen MR) is 189 cm³/mol. The highest BCUT2D eigenvalue weighted by atomic mass is 16.3. The topological polar surface area (TPSA) is 75.6 Å². The molecule has 0 spiro atoms. The van der Waals surface area contributed by atoms with Crippen molar-refractivity contribution in [2.75, 3.05) is 0 Å². The number of rotatable bonds is 4. The van der Waals surface area contributed by atoms with Gasteiger partial charge in [0.25, 0.3) is 0 Å². The van der Waals surface area contributed by atoms with Crippen molar-refractivity contribution in [3.05, 3.63) is 151 Å². The number of hydrogen-bond donors (Lipinski definition) is 0. The largest absolute Gasteiger partial charge is 0.455 e. The smallest absolute Gasteiger partial charge is 0.164 e. The van der Waals surface area contributed by atoms with Crippen LogP contribution < -0.4 is 0 Å². The first-order valence-corrected chi connectivity index (χ1v) is 15.4. The van der Waals surface area contributed by atoms with Gasteiger partial charge in [-0.3, -0.25) is 0 Å². The Morgan fingerprint density at radius 3 is 1.68 bits per heavy atom. The van der Waals surface area contributed by atoms with Crippen molar-refractivity contribution in [3.63, 3.8) is 0 Å². The molecular formula is C42H24N4O. The quantitative estimate of drug-likeness (QED) is 0.188. The molecule has 9 aromatic rings. The third-order valence-corrected chi connectivity index (χ3v) is 8.72. The summed E-state index contributed by atoms with van der Waals surface area (Å²) in [5, 5.41) is 15.9. The van der Waals surface area contributed by atoms with Crippen molar-refractivity contribution >= 4 is 43.5 Å². The van der Waals surface area contributed by atoms with Crippen LogP contribution in [0, 0.1) is 11.3 Å². The van der Waals surface area contributed by atoms with E-state index in [0.717, 1.165) is 71.3 Å². The Hall–Kier alpha value is -6.64. The second kappa shape index (κ2) is 10.8. The fourth-order valence-electron chi connectivity index (χ4n) is 6.48. The lowest BCUT2D eigenvalue weighted by Crippen LogP contribution is -2.00. The van der Waals surface area contributed by atoms with Gasteiger partial charge in [0.2, 0.25) is 0 Å². The lowest BCUT2D eigenvalue weighted by atomic mass is 9.92. The van der Waals surface area contributed by atoms with E-state index in [9.17, 15) is 5.26 Å². The highest BCUT2D eigenvalue weighted by Crippen LogP contribution is 2.43. The molecule has 2 aromatic heterocycles. The summed E-state index contributed by atoms with van der Waals surface area (Å²) in [7, 11) is 0. The van der Waals surface area contributed by atoms with Gasteiger partial charge < -0.3 is 4.42 Å². The van der Waals surface area contributed by atoms with Gasteiger partial charge in [0.05, 0.1) is 11.6 Å². The van der Waals surface area contributed by atoms with E-state index in [2.05, 4.69) is 48.5 Å². The fraction of sp³-hybridized carbons (Fsp3) is 0. The summed E-state index contributed by atoms with van der Waals surface area (Å²) < 4.78 is 6.64. The lowest BCUT2D eigenvalue weighted by molar-refractivity contribution is 0.673. The Balaban J connectivity index is 1.31. The first-order chi connectivity index (χ1) is 23.2. The molecule has 0 amide bonds. The molecule has 7 aromatic carbocycles. The van der Waals surface area contributed by atoms with Crippen molar-refractivity contribution in [2.45, 2.75) is 0 Å². The zero-order chi connectivity index (χ0) is 31.3. The van der Waals surface area contributed by atoms with E-state index in [1.54, 1.807) is 0 Å². The molecule has 0 aliphatic rings. The molecule has 47 heavy (non-hydrogen) atoms. The van der Waals surface area contributed by atoms with Crippen molar-refractivity contribution in [1.29, 1.82) is 5.26 Å². The van der Waals surface area contributed by atoms with Crippen molar-refractivity contribution < 1.29 is 4.42 Å². The molecule has 0 bridgehead atoms. The number of nitrogens with zero attached hydrogens (tertiary/aromatic N) is 4. The van der Waals surface area contributed by atoms with Crippen LogP contribution in [-0.4, -0.2) is 15.0 Å². The second-order valence-corrected chi connectivity index (χ2v) is 11.6. The maximum atomic E-state index is 9.51. The summed E-state index contributed by atoms with van der Waals surface area (Å²) in [4.78, 5) is 14.8. The highest BCUT2D eigenvalue weighted by Gasteiger charge is 2.19. The Bertz CT molecular complexity index is 2630. The van der Waals surface area contributed by atoms with Crippen LogP contribution in [0.2, 0.25) is 0 Å². The first kappa shape index (κ1) is 26.7. The van der Waals surface area contributed by atoms with Gasteiger partial charge in [0.1, 0.15) is 11.2 Å². The van der Waals surface area contributed by atoms with Gasteiger partial charge in [-0.05, 0) is 57.6 Å². The molecule has 0 fully saturated rings. The molecule has 0 N–H and O–H groups in total. The molecule has 0 saturated heterocycles. The van der Waals surface area contributed by atoms with Crippen LogP contribution in [0.3, 0.4) is 0 Å². The Labute approximate surface area is 270 Å². The van der Waals surface area contributed by atoms with Crippen molar-refractivity contribution in [3.8, 4) is 51.4 Å². The van der Waals surface area contributed by atoms with E-state index in [1.165, 1.54) is 0 Å². The summed E-state index contributed by atoms with van der Waals surface area (Å²) in [6, 6.07) is 51.1. The fourth-order valence-corrected chi connectivity index (χ4v) is 6.48. The van der Waals surface area contributed by atoms with Crippen molar-refractivity contribution in [2.24, 2.45) is 0 Å². The third kappa shape index (κ3) is 4.51. The lowest BCUT2D eigenvalue weighted by Gasteiger charge is -2.12. The van der Waals surface area contributed by atoms with Crippen LogP contribution >= 0.6 is 0 Å². The number of fused-ring (bicyclic) bond motifs is 8. The van der Waals surface area contributed by atoms with Gasteiger partial charge in [0.15, 0.2) is 17.5 Å². The van der Waals surface area contributed by atoms with E-state index < -0.39 is 0 Å². The predicted octanol–water partition coefficient (Wildman–Crippen LogP) is 10.6. The van der Waals surface area contributed by atoms with Crippen LogP contribution in [-0.2, 0) is 0 Å². The number of benzene rings is 7. The first-order valence-electron chi connectivity index (χ1n) is 15.4. The summed E-state index contributed by atoms with van der Waals surface area (Å²) in [6.07, 6.45) is 0. The molecule has 218 valence electrons. The van der Waals surface area contributed by atoms with Crippen molar-refractivity contribution in [1.82, 2.24) is 15.0 Å². The van der Waals surface area contributed by atoms with E-state index in [0.29, 0.717) is 23.0 Å². The molecule has 9 rings (SSSR count). The van der Waals surface area contributed by atoms with E-state index >= 15 is 0 Å². The number of furan rings is 1. The van der Waals surface area contributed by atoms with Crippen LogP contribution in [0.25, 0.3) is 88.8 Å². The van der Waals surface area contributed by atoms with Crippen LogP contribution in [0.1, 0.15) is 5.56 Å². The van der Waals surface area contributed by atoms with Crippen LogP contribution in [0.5, 0.6) is 0 Å². The maximum absolute atomic E-state index is 9.51. The maximum Gasteiger partial charge on any atom is 0.164 e. The van der Waals surface area contributed by atoms with Gasteiger partial charge in [0, 0.05) is 32.8 Å². The minimum Gasteiger partial charge on any atom is -0.455 e. The van der Waals surface area contributed by atoms with E-state index in [-0.39, 0.29) is 0 Å². The number of nitriles is 1. The normalized spacial score (nSPS) is 11.4. The average Bonchev–Trinajstić information content (AvgIpc) is 3.55. The van der Waals surface area contributed by atoms with Crippen LogP contribution in [0.15, 0.2) is 150 Å². The summed E-state index contributed by atoms with van der Waals surface area (Å²) in [5.41, 5.74) is 7.06.